The lowest BCUT2D eigenvalue weighted by Crippen LogP contribution is -2.49. The normalized spacial score (nSPS) is 44.9. The van der Waals surface area contributed by atoms with Crippen LogP contribution in [0, 0.1) is 40.4 Å². The van der Waals surface area contributed by atoms with Crippen LogP contribution < -0.4 is 0 Å². The second-order valence-electron chi connectivity index (χ2n) is 11.1. The van der Waals surface area contributed by atoms with Gasteiger partial charge in [0.15, 0.2) is 0 Å². The van der Waals surface area contributed by atoms with Crippen molar-refractivity contribution in [3.05, 3.63) is 11.1 Å². The number of hydrogen-bond donors (Lipinski definition) is 2. The van der Waals surface area contributed by atoms with E-state index in [4.69, 9.17) is 0 Å². The molecule has 0 amide bonds. The number of fused-ring (bicyclic) bond motifs is 4. The first-order chi connectivity index (χ1) is 13.8. The van der Waals surface area contributed by atoms with Gasteiger partial charge in [0.2, 0.25) is 0 Å². The summed E-state index contributed by atoms with van der Waals surface area (Å²) in [5.74, 6) is 3.53. The Hall–Kier alpha value is -0.340. The molecule has 0 spiro atoms. The standard InChI is InChI=1S/C25H42O2.C2H6/c1-16(6-5-15-26)19-9-10-21-18-7-8-20-17(2)23(27)12-14-25(20,4)22(18)11-13-24(19,21)3;1-2/h16-17,19-21,23,26-27H,5-15H2,1-4H3;1-2H3. The summed E-state index contributed by atoms with van der Waals surface area (Å²) < 4.78 is 0. The van der Waals surface area contributed by atoms with Gasteiger partial charge in [0.25, 0.3) is 0 Å². The molecule has 2 saturated carbocycles. The zero-order valence-electron chi connectivity index (χ0n) is 20.1. The minimum Gasteiger partial charge on any atom is -0.396 e. The van der Waals surface area contributed by atoms with Gasteiger partial charge in [0, 0.05) is 6.61 Å². The summed E-state index contributed by atoms with van der Waals surface area (Å²) in [6, 6.07) is 0. The van der Waals surface area contributed by atoms with Gasteiger partial charge in [-0.05, 0) is 105 Å². The van der Waals surface area contributed by atoms with E-state index in [2.05, 4.69) is 27.7 Å². The summed E-state index contributed by atoms with van der Waals surface area (Å²) in [7, 11) is 0. The molecule has 4 aliphatic rings. The van der Waals surface area contributed by atoms with Crippen LogP contribution in [0.4, 0.5) is 0 Å². The third-order valence-electron chi connectivity index (χ3n) is 10.1. The van der Waals surface area contributed by atoms with Crippen molar-refractivity contribution >= 4 is 0 Å². The highest BCUT2D eigenvalue weighted by Gasteiger charge is 2.56. The van der Waals surface area contributed by atoms with Crippen LogP contribution >= 0.6 is 0 Å². The van der Waals surface area contributed by atoms with Crippen molar-refractivity contribution in [3.8, 4) is 0 Å². The Labute approximate surface area is 180 Å². The van der Waals surface area contributed by atoms with Crippen molar-refractivity contribution in [2.24, 2.45) is 40.4 Å². The molecule has 4 rings (SSSR count). The highest BCUT2D eigenvalue weighted by molar-refractivity contribution is 5.34. The van der Waals surface area contributed by atoms with Gasteiger partial charge in [-0.25, -0.2) is 0 Å². The molecule has 2 N–H and O–H groups in total. The van der Waals surface area contributed by atoms with Gasteiger partial charge in [-0.3, -0.25) is 0 Å². The quantitative estimate of drug-likeness (QED) is 0.509. The van der Waals surface area contributed by atoms with Crippen LogP contribution in [0.15, 0.2) is 11.1 Å². The van der Waals surface area contributed by atoms with Crippen molar-refractivity contribution in [2.45, 2.75) is 112 Å². The van der Waals surface area contributed by atoms with Crippen molar-refractivity contribution in [1.82, 2.24) is 0 Å². The molecule has 0 bridgehead atoms. The number of allylic oxidation sites excluding steroid dienone is 2. The molecule has 168 valence electrons. The van der Waals surface area contributed by atoms with Gasteiger partial charge in [-0.15, -0.1) is 0 Å². The Bertz CT molecular complexity index is 595. The molecular weight excluding hydrogens is 356 g/mol. The van der Waals surface area contributed by atoms with Crippen LogP contribution in [0.5, 0.6) is 0 Å². The highest BCUT2D eigenvalue weighted by atomic mass is 16.3. The summed E-state index contributed by atoms with van der Waals surface area (Å²) in [4.78, 5) is 0. The maximum absolute atomic E-state index is 10.5. The first-order valence-corrected chi connectivity index (χ1v) is 12.8. The predicted molar refractivity (Wildman–Crippen MR) is 123 cm³/mol. The summed E-state index contributed by atoms with van der Waals surface area (Å²) in [6.45, 7) is 14.2. The molecule has 0 aromatic rings. The predicted octanol–water partition coefficient (Wildman–Crippen LogP) is 6.75. The second kappa shape index (κ2) is 9.03. The zero-order chi connectivity index (χ0) is 21.4. The van der Waals surface area contributed by atoms with Crippen molar-refractivity contribution in [3.63, 3.8) is 0 Å². The lowest BCUT2D eigenvalue weighted by atomic mass is 9.49. The van der Waals surface area contributed by atoms with E-state index in [1.165, 1.54) is 51.4 Å². The van der Waals surface area contributed by atoms with E-state index in [9.17, 15) is 10.2 Å². The zero-order valence-corrected chi connectivity index (χ0v) is 20.1. The largest absolute Gasteiger partial charge is 0.396 e. The summed E-state index contributed by atoms with van der Waals surface area (Å²) in [5, 5.41) is 19.7. The van der Waals surface area contributed by atoms with Gasteiger partial charge in [0.1, 0.15) is 0 Å². The molecule has 2 heteroatoms. The molecule has 0 radical (unpaired) electrons. The highest BCUT2D eigenvalue weighted by Crippen LogP contribution is 2.66. The average molecular weight is 405 g/mol. The summed E-state index contributed by atoms with van der Waals surface area (Å²) >= 11 is 0. The van der Waals surface area contributed by atoms with E-state index in [1.54, 1.807) is 0 Å². The van der Waals surface area contributed by atoms with Gasteiger partial charge in [-0.1, -0.05) is 52.7 Å². The van der Waals surface area contributed by atoms with Gasteiger partial charge in [0.05, 0.1) is 6.10 Å². The van der Waals surface area contributed by atoms with Gasteiger partial charge >= 0.3 is 0 Å². The maximum Gasteiger partial charge on any atom is 0.0569 e. The monoisotopic (exact) mass is 404 g/mol. The molecule has 0 saturated heterocycles. The van der Waals surface area contributed by atoms with E-state index in [-0.39, 0.29) is 6.10 Å². The topological polar surface area (TPSA) is 40.5 Å². The van der Waals surface area contributed by atoms with Crippen LogP contribution in [0.2, 0.25) is 0 Å². The molecule has 0 heterocycles. The number of aliphatic hydroxyl groups is 2. The summed E-state index contributed by atoms with van der Waals surface area (Å²) in [6.07, 6.45) is 12.3. The average Bonchev–Trinajstić information content (AvgIpc) is 3.08. The van der Waals surface area contributed by atoms with Crippen LogP contribution in [-0.4, -0.2) is 22.9 Å². The van der Waals surface area contributed by atoms with Crippen LogP contribution in [0.1, 0.15) is 106 Å². The minimum absolute atomic E-state index is 0.0812. The molecule has 0 aliphatic heterocycles. The molecule has 4 aliphatic carbocycles. The van der Waals surface area contributed by atoms with Crippen molar-refractivity contribution in [1.29, 1.82) is 0 Å². The number of aliphatic hydroxyl groups excluding tert-OH is 2. The van der Waals surface area contributed by atoms with E-state index in [1.807, 2.05) is 25.0 Å². The van der Waals surface area contributed by atoms with E-state index >= 15 is 0 Å². The molecule has 2 fully saturated rings. The lowest BCUT2D eigenvalue weighted by Gasteiger charge is -2.56. The minimum atomic E-state index is -0.0812. The Balaban J connectivity index is 0.00000117. The van der Waals surface area contributed by atoms with Gasteiger partial charge in [-0.2, -0.15) is 0 Å². The molecule has 8 unspecified atom stereocenters. The molecule has 2 nitrogen and oxygen atoms in total. The van der Waals surface area contributed by atoms with E-state index < -0.39 is 0 Å². The Kier molecular flexibility index (Phi) is 7.26. The van der Waals surface area contributed by atoms with Crippen molar-refractivity contribution in [2.75, 3.05) is 6.61 Å². The van der Waals surface area contributed by atoms with Crippen LogP contribution in [0.25, 0.3) is 0 Å². The SMILES string of the molecule is CC.CC(CCCO)C1CCC2C3=C(CCC21C)C1(C)CCC(O)C(C)C1CC3. The third kappa shape index (κ3) is 3.75. The first-order valence-electron chi connectivity index (χ1n) is 12.8. The number of hydrogen-bond acceptors (Lipinski definition) is 2. The maximum atomic E-state index is 10.5. The molecule has 8 atom stereocenters. The lowest BCUT2D eigenvalue weighted by molar-refractivity contribution is -0.0336. The van der Waals surface area contributed by atoms with Crippen LogP contribution in [-0.2, 0) is 0 Å². The van der Waals surface area contributed by atoms with Crippen LogP contribution in [0.3, 0.4) is 0 Å². The fourth-order valence-corrected chi connectivity index (χ4v) is 8.50. The van der Waals surface area contributed by atoms with Crippen molar-refractivity contribution < 1.29 is 10.2 Å². The molecule has 0 aromatic carbocycles. The fraction of sp³-hybridized carbons (Fsp3) is 0.926. The van der Waals surface area contributed by atoms with E-state index in [0.717, 1.165) is 30.6 Å². The molecular formula is C27H48O2. The van der Waals surface area contributed by atoms with Gasteiger partial charge < -0.3 is 10.2 Å². The Morgan fingerprint density at radius 3 is 2.45 bits per heavy atom. The molecule has 0 aromatic heterocycles. The Morgan fingerprint density at radius 2 is 1.76 bits per heavy atom. The Morgan fingerprint density at radius 1 is 1.03 bits per heavy atom. The third-order valence-corrected chi connectivity index (χ3v) is 10.1. The fourth-order valence-electron chi connectivity index (χ4n) is 8.50. The molecule has 29 heavy (non-hydrogen) atoms. The number of rotatable bonds is 4. The second-order valence-corrected chi connectivity index (χ2v) is 11.1. The first kappa shape index (κ1) is 23.3. The van der Waals surface area contributed by atoms with E-state index in [0.29, 0.717) is 29.3 Å². The smallest absolute Gasteiger partial charge is 0.0569 e. The summed E-state index contributed by atoms with van der Waals surface area (Å²) in [5.41, 5.74) is 4.54.